The van der Waals surface area contributed by atoms with E-state index in [1.165, 1.54) is 37.8 Å². The first kappa shape index (κ1) is 14.0. The number of aliphatic hydroxyl groups excluding tert-OH is 1. The first-order chi connectivity index (χ1) is 9.29. The van der Waals surface area contributed by atoms with Crippen molar-refractivity contribution in [2.75, 3.05) is 19.7 Å². The average Bonchev–Trinajstić information content (AvgIpc) is 2.67. The number of likely N-dealkylation sites (tertiary alicyclic amines) is 1. The third kappa shape index (κ3) is 4.34. The molecule has 0 bridgehead atoms. The average molecular weight is 261 g/mol. The van der Waals surface area contributed by atoms with Gasteiger partial charge in [-0.1, -0.05) is 30.7 Å². The van der Waals surface area contributed by atoms with E-state index in [1.807, 2.05) is 6.07 Å². The smallest absolute Gasteiger partial charge is 0.124 e. The summed E-state index contributed by atoms with van der Waals surface area (Å²) in [6.45, 7) is 2.82. The molecule has 1 N–H and O–H groups in total. The molecule has 0 aliphatic carbocycles. The first-order valence-corrected chi connectivity index (χ1v) is 6.90. The second-order valence-corrected chi connectivity index (χ2v) is 4.95. The lowest BCUT2D eigenvalue weighted by Gasteiger charge is -2.20. The molecule has 0 unspecified atom stereocenters. The van der Waals surface area contributed by atoms with Crippen LogP contribution in [0, 0.1) is 17.7 Å². The van der Waals surface area contributed by atoms with Crippen molar-refractivity contribution in [1.82, 2.24) is 4.90 Å². The van der Waals surface area contributed by atoms with E-state index >= 15 is 0 Å². The predicted octanol–water partition coefficient (Wildman–Crippen LogP) is 2.55. The monoisotopic (exact) mass is 261 g/mol. The van der Waals surface area contributed by atoms with Gasteiger partial charge in [0.15, 0.2) is 0 Å². The van der Waals surface area contributed by atoms with Crippen LogP contribution in [0.1, 0.15) is 36.8 Å². The summed E-state index contributed by atoms with van der Waals surface area (Å²) in [5.41, 5.74) is 1.74. The van der Waals surface area contributed by atoms with Crippen molar-refractivity contribution in [1.29, 1.82) is 0 Å². The van der Waals surface area contributed by atoms with Crippen molar-refractivity contribution < 1.29 is 9.50 Å². The number of halogens is 1. The van der Waals surface area contributed by atoms with Crippen LogP contribution in [0.3, 0.4) is 0 Å². The molecule has 1 heterocycles. The van der Waals surface area contributed by atoms with Crippen molar-refractivity contribution in [3.05, 3.63) is 35.1 Å². The van der Waals surface area contributed by atoms with E-state index in [1.54, 1.807) is 0 Å². The van der Waals surface area contributed by atoms with Crippen LogP contribution in [0.15, 0.2) is 18.2 Å². The van der Waals surface area contributed by atoms with Gasteiger partial charge in [0, 0.05) is 12.1 Å². The number of rotatable bonds is 2. The van der Waals surface area contributed by atoms with E-state index in [0.29, 0.717) is 5.56 Å². The molecule has 0 aromatic heterocycles. The molecule has 1 aromatic carbocycles. The summed E-state index contributed by atoms with van der Waals surface area (Å²) in [7, 11) is 0. The van der Waals surface area contributed by atoms with Crippen molar-refractivity contribution >= 4 is 0 Å². The molecule has 0 spiro atoms. The zero-order valence-corrected chi connectivity index (χ0v) is 11.2. The highest BCUT2D eigenvalue weighted by molar-refractivity contribution is 5.41. The quantitative estimate of drug-likeness (QED) is 0.827. The molecule has 2 nitrogen and oxygen atoms in total. The van der Waals surface area contributed by atoms with Crippen LogP contribution in [-0.4, -0.2) is 29.7 Å². The third-order valence-corrected chi connectivity index (χ3v) is 3.47. The molecule has 2 rings (SSSR count). The van der Waals surface area contributed by atoms with Gasteiger partial charge in [0.2, 0.25) is 0 Å². The third-order valence-electron chi connectivity index (χ3n) is 3.47. The second-order valence-electron chi connectivity index (χ2n) is 4.95. The van der Waals surface area contributed by atoms with Gasteiger partial charge in [-0.3, -0.25) is 4.90 Å². The Morgan fingerprint density at radius 2 is 1.89 bits per heavy atom. The molecule has 19 heavy (non-hydrogen) atoms. The van der Waals surface area contributed by atoms with Gasteiger partial charge >= 0.3 is 0 Å². The van der Waals surface area contributed by atoms with Crippen LogP contribution in [0.2, 0.25) is 0 Å². The molecule has 3 heteroatoms. The normalized spacial score (nSPS) is 16.5. The minimum atomic E-state index is -0.276. The Bertz CT molecular complexity index is 467. The fourth-order valence-electron chi connectivity index (χ4n) is 2.47. The number of aliphatic hydroxyl groups is 1. The molecule has 1 aromatic rings. The largest absolute Gasteiger partial charge is 0.384 e. The molecule has 1 saturated heterocycles. The fourth-order valence-corrected chi connectivity index (χ4v) is 2.47. The first-order valence-electron chi connectivity index (χ1n) is 6.90. The summed E-state index contributed by atoms with van der Waals surface area (Å²) >= 11 is 0. The SMILES string of the molecule is OCC#Cc1cc(F)ccc1CN1CCCCCC1. The molecule has 0 atom stereocenters. The van der Waals surface area contributed by atoms with Gasteiger partial charge in [0.05, 0.1) is 0 Å². The molecule has 1 aliphatic heterocycles. The minimum Gasteiger partial charge on any atom is -0.384 e. The van der Waals surface area contributed by atoms with Crippen LogP contribution in [0.25, 0.3) is 0 Å². The Balaban J connectivity index is 2.13. The highest BCUT2D eigenvalue weighted by atomic mass is 19.1. The van der Waals surface area contributed by atoms with Crippen LogP contribution in [0.5, 0.6) is 0 Å². The number of hydrogen-bond acceptors (Lipinski definition) is 2. The summed E-state index contributed by atoms with van der Waals surface area (Å²) in [4.78, 5) is 2.41. The summed E-state index contributed by atoms with van der Waals surface area (Å²) < 4.78 is 13.3. The van der Waals surface area contributed by atoms with E-state index in [0.717, 1.165) is 25.2 Å². The summed E-state index contributed by atoms with van der Waals surface area (Å²) in [6.07, 6.45) is 5.08. The van der Waals surface area contributed by atoms with Crippen molar-refractivity contribution in [3.8, 4) is 11.8 Å². The van der Waals surface area contributed by atoms with Crippen LogP contribution >= 0.6 is 0 Å². The minimum absolute atomic E-state index is 0.195. The van der Waals surface area contributed by atoms with E-state index in [4.69, 9.17) is 5.11 Å². The highest BCUT2D eigenvalue weighted by Gasteiger charge is 2.11. The highest BCUT2D eigenvalue weighted by Crippen LogP contribution is 2.16. The van der Waals surface area contributed by atoms with Crippen LogP contribution in [-0.2, 0) is 6.54 Å². The summed E-state index contributed by atoms with van der Waals surface area (Å²) in [5, 5.41) is 8.77. The van der Waals surface area contributed by atoms with E-state index in [9.17, 15) is 4.39 Å². The predicted molar refractivity (Wildman–Crippen MR) is 74.1 cm³/mol. The lowest BCUT2D eigenvalue weighted by Crippen LogP contribution is -2.24. The van der Waals surface area contributed by atoms with Gasteiger partial charge in [-0.25, -0.2) is 4.39 Å². The maximum Gasteiger partial charge on any atom is 0.124 e. The molecular formula is C16H20FNO. The molecule has 1 aliphatic rings. The number of hydrogen-bond donors (Lipinski definition) is 1. The van der Waals surface area contributed by atoms with Gasteiger partial charge in [-0.15, -0.1) is 0 Å². The molecule has 0 radical (unpaired) electrons. The van der Waals surface area contributed by atoms with Gasteiger partial charge in [0.25, 0.3) is 0 Å². The zero-order chi connectivity index (χ0) is 13.5. The molecule has 0 saturated carbocycles. The van der Waals surface area contributed by atoms with Crippen molar-refractivity contribution in [2.45, 2.75) is 32.2 Å². The Hall–Kier alpha value is -1.37. The van der Waals surface area contributed by atoms with Gasteiger partial charge < -0.3 is 5.11 Å². The van der Waals surface area contributed by atoms with Crippen molar-refractivity contribution in [2.24, 2.45) is 0 Å². The standard InChI is InChI=1S/C16H20FNO/c17-16-8-7-15(14(12-16)6-5-11-19)13-18-9-3-1-2-4-10-18/h7-8,12,19H,1-4,9-11,13H2. The van der Waals surface area contributed by atoms with E-state index in [-0.39, 0.29) is 12.4 Å². The second kappa shape index (κ2) is 7.28. The van der Waals surface area contributed by atoms with E-state index in [2.05, 4.69) is 16.7 Å². The van der Waals surface area contributed by atoms with E-state index < -0.39 is 0 Å². The Labute approximate surface area is 114 Å². The van der Waals surface area contributed by atoms with Crippen LogP contribution in [0.4, 0.5) is 4.39 Å². The summed E-state index contributed by atoms with van der Waals surface area (Å²) in [6, 6.07) is 4.74. The topological polar surface area (TPSA) is 23.5 Å². The van der Waals surface area contributed by atoms with Gasteiger partial charge in [-0.2, -0.15) is 0 Å². The lowest BCUT2D eigenvalue weighted by molar-refractivity contribution is 0.276. The number of benzene rings is 1. The molecule has 0 amide bonds. The maximum atomic E-state index is 13.3. The number of nitrogens with zero attached hydrogens (tertiary/aromatic N) is 1. The summed E-state index contributed by atoms with van der Waals surface area (Å²) in [5.74, 6) is 5.17. The molecule has 1 fully saturated rings. The molecular weight excluding hydrogens is 241 g/mol. The Morgan fingerprint density at radius 3 is 2.58 bits per heavy atom. The Morgan fingerprint density at radius 1 is 1.16 bits per heavy atom. The molecule has 102 valence electrons. The lowest BCUT2D eigenvalue weighted by atomic mass is 10.1. The van der Waals surface area contributed by atoms with Gasteiger partial charge in [-0.05, 0) is 43.6 Å². The Kier molecular flexibility index (Phi) is 5.38. The van der Waals surface area contributed by atoms with Crippen LogP contribution < -0.4 is 0 Å². The fraction of sp³-hybridized carbons (Fsp3) is 0.500. The van der Waals surface area contributed by atoms with Crippen molar-refractivity contribution in [3.63, 3.8) is 0 Å². The van der Waals surface area contributed by atoms with Gasteiger partial charge in [0.1, 0.15) is 12.4 Å². The zero-order valence-electron chi connectivity index (χ0n) is 11.2. The maximum absolute atomic E-state index is 13.3.